The number of amides is 1. The van der Waals surface area contributed by atoms with Gasteiger partial charge in [0.15, 0.2) is 5.16 Å². The number of para-hydroxylation sites is 1. The molecule has 3 rings (SSSR count). The lowest BCUT2D eigenvalue weighted by atomic mass is 10.0. The zero-order valence-electron chi connectivity index (χ0n) is 13.4. The van der Waals surface area contributed by atoms with E-state index in [-0.39, 0.29) is 11.7 Å². The molecule has 6 nitrogen and oxygen atoms in total. The van der Waals surface area contributed by atoms with Crippen LogP contribution in [0.2, 0.25) is 0 Å². The van der Waals surface area contributed by atoms with Crippen molar-refractivity contribution in [2.45, 2.75) is 24.9 Å². The molecule has 2 aromatic rings. The van der Waals surface area contributed by atoms with Gasteiger partial charge in [0.2, 0.25) is 5.91 Å². The summed E-state index contributed by atoms with van der Waals surface area (Å²) in [7, 11) is 0. The van der Waals surface area contributed by atoms with Gasteiger partial charge in [-0.05, 0) is 31.4 Å². The number of benzene rings is 1. The first-order chi connectivity index (χ1) is 11.7. The van der Waals surface area contributed by atoms with Crippen LogP contribution < -0.4 is 4.90 Å². The van der Waals surface area contributed by atoms with Crippen LogP contribution in [0.3, 0.4) is 0 Å². The molecule has 0 saturated carbocycles. The zero-order chi connectivity index (χ0) is 16.9. The second kappa shape index (κ2) is 7.53. The molecule has 1 aromatic carbocycles. The fraction of sp³-hybridized carbons (Fsp3) is 0.353. The lowest BCUT2D eigenvalue weighted by Crippen LogP contribution is -2.36. The van der Waals surface area contributed by atoms with Crippen molar-refractivity contribution in [1.29, 1.82) is 0 Å². The molecule has 126 valence electrons. The number of hydrogen-bond donors (Lipinski definition) is 1. The average molecular weight is 345 g/mol. The predicted molar refractivity (Wildman–Crippen MR) is 92.4 cm³/mol. The number of aryl methyl sites for hydroxylation is 1. The fourth-order valence-corrected chi connectivity index (χ4v) is 3.41. The Balaban J connectivity index is 1.62. The Kier molecular flexibility index (Phi) is 5.20. The summed E-state index contributed by atoms with van der Waals surface area (Å²) in [5.41, 5.74) is 2.51. The third-order valence-corrected chi connectivity index (χ3v) is 4.66. The first kappa shape index (κ1) is 16.6. The molecule has 0 spiro atoms. The van der Waals surface area contributed by atoms with Gasteiger partial charge < -0.3 is 14.6 Å². The molecule has 0 unspecified atom stereocenters. The summed E-state index contributed by atoms with van der Waals surface area (Å²) in [6.07, 6.45) is 3.41. The standard InChI is InChI=1S/C17H19N3O3S/c1-2-23-16(22)13-10-18-17(19-13)24-11-15(21)20-9-5-7-12-6-3-4-8-14(12)20/h3-4,6,8,10H,2,5,7,9,11H2,1H3,(H,18,19). The SMILES string of the molecule is CCOC(=O)c1cnc(SCC(=O)N2CCCc3ccccc32)[nH]1. The van der Waals surface area contributed by atoms with E-state index in [0.29, 0.717) is 17.5 Å². The van der Waals surface area contributed by atoms with Crippen LogP contribution in [0.4, 0.5) is 5.69 Å². The molecule has 0 atom stereocenters. The van der Waals surface area contributed by atoms with Crippen molar-refractivity contribution in [2.24, 2.45) is 0 Å². The normalized spacial score (nSPS) is 13.5. The van der Waals surface area contributed by atoms with Crippen molar-refractivity contribution in [2.75, 3.05) is 23.8 Å². The number of imidazole rings is 1. The highest BCUT2D eigenvalue weighted by Crippen LogP contribution is 2.27. The van der Waals surface area contributed by atoms with Crippen LogP contribution in [0.25, 0.3) is 0 Å². The number of rotatable bonds is 5. The predicted octanol–water partition coefficient (Wildman–Crippen LogP) is 2.66. The fourth-order valence-electron chi connectivity index (χ4n) is 2.69. The van der Waals surface area contributed by atoms with E-state index in [1.807, 2.05) is 23.1 Å². The van der Waals surface area contributed by atoms with Gasteiger partial charge in [-0.15, -0.1) is 0 Å². The summed E-state index contributed by atoms with van der Waals surface area (Å²) in [6.45, 7) is 2.80. The molecule has 1 amide bonds. The zero-order valence-corrected chi connectivity index (χ0v) is 14.3. The Morgan fingerprint density at radius 2 is 2.21 bits per heavy atom. The first-order valence-electron chi connectivity index (χ1n) is 7.92. The summed E-state index contributed by atoms with van der Waals surface area (Å²) in [6, 6.07) is 8.01. The highest BCUT2D eigenvalue weighted by Gasteiger charge is 2.22. The van der Waals surface area contributed by atoms with Gasteiger partial charge in [0.1, 0.15) is 5.69 Å². The van der Waals surface area contributed by atoms with Crippen LogP contribution in [0, 0.1) is 0 Å². The van der Waals surface area contributed by atoms with Gasteiger partial charge >= 0.3 is 5.97 Å². The molecular formula is C17H19N3O3S. The number of aromatic amines is 1. The van der Waals surface area contributed by atoms with Crippen molar-refractivity contribution >= 4 is 29.3 Å². The number of esters is 1. The molecule has 0 aliphatic carbocycles. The van der Waals surface area contributed by atoms with E-state index in [1.165, 1.54) is 23.5 Å². The molecule has 1 aromatic heterocycles. The van der Waals surface area contributed by atoms with Crippen LogP contribution >= 0.6 is 11.8 Å². The second-order valence-electron chi connectivity index (χ2n) is 5.39. The minimum atomic E-state index is -0.437. The summed E-state index contributed by atoms with van der Waals surface area (Å²) < 4.78 is 4.91. The molecular weight excluding hydrogens is 326 g/mol. The first-order valence-corrected chi connectivity index (χ1v) is 8.90. The van der Waals surface area contributed by atoms with Crippen molar-refractivity contribution < 1.29 is 14.3 Å². The molecule has 7 heteroatoms. The Morgan fingerprint density at radius 3 is 3.04 bits per heavy atom. The van der Waals surface area contributed by atoms with Crippen LogP contribution in [0.1, 0.15) is 29.4 Å². The molecule has 0 radical (unpaired) electrons. The Morgan fingerprint density at radius 1 is 1.38 bits per heavy atom. The molecule has 0 fully saturated rings. The lowest BCUT2D eigenvalue weighted by Gasteiger charge is -2.29. The number of thioether (sulfide) groups is 1. The van der Waals surface area contributed by atoms with E-state index in [4.69, 9.17) is 4.74 Å². The van der Waals surface area contributed by atoms with Crippen molar-refractivity contribution in [3.8, 4) is 0 Å². The number of nitrogens with zero attached hydrogens (tertiary/aromatic N) is 2. The van der Waals surface area contributed by atoms with Crippen LogP contribution in [-0.2, 0) is 16.0 Å². The topological polar surface area (TPSA) is 75.3 Å². The largest absolute Gasteiger partial charge is 0.461 e. The lowest BCUT2D eigenvalue weighted by molar-refractivity contribution is -0.116. The highest BCUT2D eigenvalue weighted by atomic mass is 32.2. The number of anilines is 1. The molecule has 24 heavy (non-hydrogen) atoms. The maximum absolute atomic E-state index is 12.5. The third-order valence-electron chi connectivity index (χ3n) is 3.79. The van der Waals surface area contributed by atoms with Gasteiger partial charge in [0.25, 0.3) is 0 Å². The molecule has 0 saturated heterocycles. The maximum Gasteiger partial charge on any atom is 0.356 e. The van der Waals surface area contributed by atoms with Crippen LogP contribution in [0.5, 0.6) is 0 Å². The van der Waals surface area contributed by atoms with Gasteiger partial charge in [0, 0.05) is 12.2 Å². The van der Waals surface area contributed by atoms with E-state index < -0.39 is 5.97 Å². The smallest absolute Gasteiger partial charge is 0.356 e. The summed E-state index contributed by atoms with van der Waals surface area (Å²) >= 11 is 1.29. The van der Waals surface area contributed by atoms with Crippen LogP contribution in [-0.4, -0.2) is 40.7 Å². The van der Waals surface area contributed by atoms with E-state index >= 15 is 0 Å². The van der Waals surface area contributed by atoms with Crippen molar-refractivity contribution in [3.63, 3.8) is 0 Å². The van der Waals surface area contributed by atoms with Gasteiger partial charge in [-0.1, -0.05) is 30.0 Å². The van der Waals surface area contributed by atoms with Gasteiger partial charge in [-0.3, -0.25) is 4.79 Å². The Labute approximate surface area is 144 Å². The summed E-state index contributed by atoms with van der Waals surface area (Å²) in [5.74, 6) is -0.126. The molecule has 1 aliphatic rings. The minimum Gasteiger partial charge on any atom is -0.461 e. The highest BCUT2D eigenvalue weighted by molar-refractivity contribution is 7.99. The average Bonchev–Trinajstić information content (AvgIpc) is 3.08. The molecule has 0 bridgehead atoms. The number of nitrogens with one attached hydrogen (secondary N) is 1. The van der Waals surface area contributed by atoms with Gasteiger partial charge in [0.05, 0.1) is 18.6 Å². The Hall–Kier alpha value is -2.28. The minimum absolute atomic E-state index is 0.0428. The number of ether oxygens (including phenoxy) is 1. The van der Waals surface area contributed by atoms with E-state index in [2.05, 4.69) is 16.0 Å². The second-order valence-corrected chi connectivity index (χ2v) is 6.35. The van der Waals surface area contributed by atoms with Crippen LogP contribution in [0.15, 0.2) is 35.6 Å². The van der Waals surface area contributed by atoms with Crippen molar-refractivity contribution in [3.05, 3.63) is 41.7 Å². The number of aromatic nitrogens is 2. The molecule has 1 aliphatic heterocycles. The summed E-state index contributed by atoms with van der Waals surface area (Å²) in [4.78, 5) is 33.0. The number of carbonyl (C=O) groups excluding carboxylic acids is 2. The third kappa shape index (κ3) is 3.62. The quantitative estimate of drug-likeness (QED) is 0.666. The van der Waals surface area contributed by atoms with E-state index in [0.717, 1.165) is 25.1 Å². The van der Waals surface area contributed by atoms with Gasteiger partial charge in [-0.25, -0.2) is 9.78 Å². The van der Waals surface area contributed by atoms with E-state index in [1.54, 1.807) is 6.92 Å². The number of hydrogen-bond acceptors (Lipinski definition) is 5. The number of fused-ring (bicyclic) bond motifs is 1. The monoisotopic (exact) mass is 345 g/mol. The van der Waals surface area contributed by atoms with E-state index in [9.17, 15) is 9.59 Å². The van der Waals surface area contributed by atoms with Gasteiger partial charge in [-0.2, -0.15) is 0 Å². The molecule has 2 heterocycles. The van der Waals surface area contributed by atoms with Crippen molar-refractivity contribution in [1.82, 2.24) is 9.97 Å². The molecule has 1 N–H and O–H groups in total. The maximum atomic E-state index is 12.5. The Bertz CT molecular complexity index is 744. The summed E-state index contributed by atoms with van der Waals surface area (Å²) in [5, 5.41) is 0.539. The number of carbonyl (C=O) groups is 2. The number of H-pyrrole nitrogens is 1.